The fraction of sp³-hybridized carbons (Fsp3) is 0.625. The third kappa shape index (κ3) is 4.23. The fourth-order valence-electron chi connectivity index (χ4n) is 1.41. The molecule has 0 aliphatic carbocycles. The van der Waals surface area contributed by atoms with Gasteiger partial charge >= 0.3 is 50.5 Å². The first-order valence-electron chi connectivity index (χ1n) is 4.55. The van der Waals surface area contributed by atoms with Crippen molar-refractivity contribution in [1.29, 1.82) is 0 Å². The van der Waals surface area contributed by atoms with Gasteiger partial charge in [0.25, 0.3) is 0 Å². The van der Waals surface area contributed by atoms with Crippen LogP contribution in [-0.2, 0) is 0 Å². The van der Waals surface area contributed by atoms with Gasteiger partial charge in [0.1, 0.15) is 6.20 Å². The summed E-state index contributed by atoms with van der Waals surface area (Å²) >= 11 is 9.67. The monoisotopic (exact) mass is 691 g/mol. The van der Waals surface area contributed by atoms with Crippen LogP contribution in [0.4, 0.5) is 0 Å². The van der Waals surface area contributed by atoms with E-state index in [0.717, 1.165) is 10.9 Å². The Morgan fingerprint density at radius 3 is 2.88 bits per heavy atom. The van der Waals surface area contributed by atoms with E-state index < -0.39 is 0 Å². The van der Waals surface area contributed by atoms with Crippen LogP contribution in [0.2, 0.25) is 0 Å². The van der Waals surface area contributed by atoms with E-state index in [-0.39, 0.29) is 5.54 Å². The topological polar surface area (TPSA) is 32.2 Å². The van der Waals surface area contributed by atoms with Crippen molar-refractivity contribution in [3.63, 3.8) is 0 Å². The molecule has 0 aromatic heterocycles. The molecule has 2 aliphatic rings. The standard InChI is InChI=1S/C8H12IN3S.I3/c1-8(2)6(9)5-13-7-10-3-4-11-12(7)8;1-3-2/h3-4,6,11H,5H2,1-2H3;/q;-1/p+1. The second-order valence-corrected chi connectivity index (χ2v) is 22.5. The van der Waals surface area contributed by atoms with Crippen LogP contribution in [0.3, 0.4) is 0 Å². The van der Waals surface area contributed by atoms with E-state index in [2.05, 4.69) is 89.1 Å². The van der Waals surface area contributed by atoms with Crippen molar-refractivity contribution in [1.82, 2.24) is 5.01 Å². The van der Waals surface area contributed by atoms with Gasteiger partial charge in [-0.15, -0.1) is 0 Å². The number of nitrogens with two attached hydrogens (primary N) is 1. The number of quaternary nitrogens is 1. The van der Waals surface area contributed by atoms with E-state index >= 15 is 0 Å². The second kappa shape index (κ2) is 7.89. The average molecular weight is 691 g/mol. The van der Waals surface area contributed by atoms with Crippen LogP contribution in [0, 0.1) is 0 Å². The maximum absolute atomic E-state index is 4.37. The van der Waals surface area contributed by atoms with E-state index in [1.165, 1.54) is 0 Å². The maximum atomic E-state index is 4.37. The minimum atomic E-state index is 0.190. The summed E-state index contributed by atoms with van der Waals surface area (Å²) < 4.78 is 0.664. The Kier molecular flexibility index (Phi) is 8.14. The molecule has 0 radical (unpaired) electrons. The van der Waals surface area contributed by atoms with Crippen LogP contribution >= 0.6 is 71.6 Å². The molecule has 94 valence electrons. The Hall–Kier alpha value is 2.44. The van der Waals surface area contributed by atoms with Crippen molar-refractivity contribution in [3.05, 3.63) is 12.4 Å². The molecule has 2 heterocycles. The van der Waals surface area contributed by atoms with Crippen molar-refractivity contribution >= 4 is 76.8 Å². The minimum absolute atomic E-state index is 0.190. The number of alkyl halides is 1. The predicted molar refractivity (Wildman–Crippen MR) is 92.7 cm³/mol. The van der Waals surface area contributed by atoms with Crippen molar-refractivity contribution < 1.29 is 18.7 Å². The van der Waals surface area contributed by atoms with Crippen LogP contribution in [-0.4, -0.2) is 25.4 Å². The van der Waals surface area contributed by atoms with Crippen molar-refractivity contribution in [3.8, 4) is 0 Å². The molecule has 0 aromatic rings. The predicted octanol–water partition coefficient (Wildman–Crippen LogP) is -0.288. The van der Waals surface area contributed by atoms with Gasteiger partial charge in [0.05, 0.1) is 11.7 Å². The van der Waals surface area contributed by atoms with Gasteiger partial charge in [0.2, 0.25) is 5.17 Å². The molecule has 16 heavy (non-hydrogen) atoms. The summed E-state index contributed by atoms with van der Waals surface area (Å²) in [5.74, 6) is 1.16. The number of hydrogen-bond donors (Lipinski definition) is 1. The summed E-state index contributed by atoms with van der Waals surface area (Å²) in [6.45, 7) is 4.55. The fourth-order valence-corrected chi connectivity index (χ4v) is 3.52. The molecule has 1 unspecified atom stereocenters. The van der Waals surface area contributed by atoms with E-state index in [9.17, 15) is 0 Å². The van der Waals surface area contributed by atoms with Gasteiger partial charge in [0.15, 0.2) is 0 Å². The van der Waals surface area contributed by atoms with Crippen molar-refractivity contribution in [2.75, 3.05) is 5.75 Å². The van der Waals surface area contributed by atoms with Crippen LogP contribution < -0.4 is 18.7 Å². The second-order valence-electron chi connectivity index (χ2n) is 3.76. The van der Waals surface area contributed by atoms with Gasteiger partial charge < -0.3 is 0 Å². The molecule has 2 rings (SSSR count). The summed E-state index contributed by atoms with van der Waals surface area (Å²) in [6, 6.07) is 0. The zero-order valence-electron chi connectivity index (χ0n) is 8.83. The van der Waals surface area contributed by atoms with Gasteiger partial charge in [-0.1, -0.05) is 34.4 Å². The normalized spacial score (nSPS) is 26.7. The quantitative estimate of drug-likeness (QED) is 0.216. The molecular formula is C8H13I4N3S. The summed E-state index contributed by atoms with van der Waals surface area (Å²) in [4.78, 5) is 4.37. The summed E-state index contributed by atoms with van der Waals surface area (Å²) in [5.41, 5.74) is 2.32. The molecule has 3 nitrogen and oxygen atoms in total. The van der Waals surface area contributed by atoms with Gasteiger partial charge in [-0.2, -0.15) is 5.01 Å². The molecule has 2 N–H and O–H groups in total. The van der Waals surface area contributed by atoms with Gasteiger partial charge in [0, 0.05) is 9.68 Å². The zero-order valence-corrected chi connectivity index (χ0v) is 18.3. The van der Waals surface area contributed by atoms with Crippen LogP contribution in [0.15, 0.2) is 17.4 Å². The number of amidine groups is 1. The van der Waals surface area contributed by atoms with Gasteiger partial charge in [-0.05, 0) is 13.8 Å². The van der Waals surface area contributed by atoms with Gasteiger partial charge in [-0.25, -0.2) is 10.4 Å². The molecule has 0 aromatic carbocycles. The Bertz CT molecular complexity index is 295. The third-order valence-electron chi connectivity index (χ3n) is 2.46. The molecule has 0 bridgehead atoms. The molecule has 1 fully saturated rings. The molecule has 2 aliphatic heterocycles. The van der Waals surface area contributed by atoms with Crippen molar-refractivity contribution in [2.45, 2.75) is 23.3 Å². The Morgan fingerprint density at radius 2 is 2.25 bits per heavy atom. The van der Waals surface area contributed by atoms with Crippen LogP contribution in [0.25, 0.3) is 0 Å². The molecule has 1 atom stereocenters. The number of aliphatic imine (C=N–C) groups is 1. The SMILES string of the molecule is CC1(C)C(I)CSC2=NC=C[NH2+]N21.I[I-]I. The summed E-state index contributed by atoms with van der Waals surface area (Å²) in [7, 11) is 0. The van der Waals surface area contributed by atoms with Crippen LogP contribution in [0.1, 0.15) is 13.8 Å². The molecule has 0 amide bonds. The van der Waals surface area contributed by atoms with E-state index in [1.54, 1.807) is 0 Å². The summed E-state index contributed by atoms with van der Waals surface area (Å²) in [6.07, 6.45) is 3.86. The average Bonchev–Trinajstić information content (AvgIpc) is 2.26. The first-order chi connectivity index (χ1) is 7.54. The molecule has 1 saturated heterocycles. The number of rotatable bonds is 0. The first-order valence-corrected chi connectivity index (χ1v) is 19.4. The Morgan fingerprint density at radius 1 is 1.62 bits per heavy atom. The molecule has 0 spiro atoms. The first kappa shape index (κ1) is 16.5. The number of hydrogen-bond acceptors (Lipinski definition) is 3. The third-order valence-corrected chi connectivity index (χ3v) is 6.08. The van der Waals surface area contributed by atoms with E-state index in [0.29, 0.717) is 17.2 Å². The van der Waals surface area contributed by atoms with Crippen LogP contribution in [0.5, 0.6) is 0 Å². The van der Waals surface area contributed by atoms with E-state index in [4.69, 9.17) is 0 Å². The Balaban J connectivity index is 0.000000386. The summed E-state index contributed by atoms with van der Waals surface area (Å²) in [5, 5.41) is 3.42. The number of thioether (sulfide) groups is 1. The molecule has 8 heteroatoms. The van der Waals surface area contributed by atoms with Gasteiger partial charge in [-0.3, -0.25) is 0 Å². The zero-order chi connectivity index (χ0) is 12.2. The number of nitrogens with zero attached hydrogens (tertiary/aromatic N) is 2. The van der Waals surface area contributed by atoms with E-state index in [1.807, 2.05) is 24.2 Å². The van der Waals surface area contributed by atoms with Crippen molar-refractivity contribution in [2.24, 2.45) is 4.99 Å². The Labute approximate surface area is 144 Å². The molecular weight excluding hydrogens is 678 g/mol. The number of fused-ring (bicyclic) bond motifs is 1. The molecule has 0 saturated carbocycles. The number of halogens is 4.